The Bertz CT molecular complexity index is 922. The van der Waals surface area contributed by atoms with E-state index in [1.807, 2.05) is 0 Å². The predicted molar refractivity (Wildman–Crippen MR) is 122 cm³/mol. The zero-order valence-electron chi connectivity index (χ0n) is 18.9. The van der Waals surface area contributed by atoms with Crippen LogP contribution in [0.5, 0.6) is 0 Å². The second-order valence-corrected chi connectivity index (χ2v) is 8.24. The molecule has 0 saturated carbocycles. The molecule has 0 heterocycles. The largest absolute Gasteiger partial charge is 0.268 e. The van der Waals surface area contributed by atoms with Crippen LogP contribution in [0.2, 0.25) is 0 Å². The molecule has 3 aromatic carbocycles. The van der Waals surface area contributed by atoms with E-state index in [0.29, 0.717) is 5.92 Å². The normalized spacial score (nSPS) is 14.1. The molecule has 3 aromatic rings. The van der Waals surface area contributed by atoms with Gasteiger partial charge < -0.3 is 0 Å². The first-order chi connectivity index (χ1) is 13.3. The van der Waals surface area contributed by atoms with E-state index in [0.717, 1.165) is 6.42 Å². The van der Waals surface area contributed by atoms with E-state index < -0.39 is 0 Å². The summed E-state index contributed by atoms with van der Waals surface area (Å²) in [6, 6.07) is 15.3. The van der Waals surface area contributed by atoms with Crippen LogP contribution < -0.4 is 0 Å². The van der Waals surface area contributed by atoms with Gasteiger partial charge in [0.15, 0.2) is 0 Å². The molecule has 0 nitrogen and oxygen atoms in total. The fourth-order valence-corrected chi connectivity index (χ4v) is 3.99. The molecule has 1 aliphatic rings. The van der Waals surface area contributed by atoms with Gasteiger partial charge in [0.1, 0.15) is 0 Å². The molecule has 4 rings (SSSR count). The van der Waals surface area contributed by atoms with E-state index in [-0.39, 0.29) is 25.8 Å². The van der Waals surface area contributed by atoms with Crippen molar-refractivity contribution >= 4 is 6.08 Å². The smallest absolute Gasteiger partial charge is 0 e. The fraction of sp³-hybridized carbons (Fsp3) is 0.321. The Kier molecular flexibility index (Phi) is 8.11. The van der Waals surface area contributed by atoms with E-state index in [2.05, 4.69) is 103 Å². The van der Waals surface area contributed by atoms with Crippen molar-refractivity contribution in [3.63, 3.8) is 0 Å². The second kappa shape index (κ2) is 9.94. The van der Waals surface area contributed by atoms with Crippen LogP contribution in [-0.2, 0) is 32.3 Å². The van der Waals surface area contributed by atoms with Gasteiger partial charge in [0.05, 0.1) is 0 Å². The monoisotopic (exact) mass is 548 g/mol. The van der Waals surface area contributed by atoms with E-state index in [1.54, 1.807) is 0 Å². The van der Waals surface area contributed by atoms with Gasteiger partial charge in [-0.05, 0) is 25.8 Å². The Balaban J connectivity index is 0.000000234. The van der Waals surface area contributed by atoms with Crippen LogP contribution in [0.1, 0.15) is 61.6 Å². The zero-order chi connectivity index (χ0) is 20.4. The van der Waals surface area contributed by atoms with Crippen LogP contribution in [0.25, 0.3) is 6.08 Å². The maximum Gasteiger partial charge on any atom is 0 e. The van der Waals surface area contributed by atoms with Crippen molar-refractivity contribution in [2.24, 2.45) is 0 Å². The Morgan fingerprint density at radius 1 is 0.828 bits per heavy atom. The van der Waals surface area contributed by atoms with Crippen LogP contribution in [0, 0.1) is 54.5 Å². The molecule has 0 fully saturated rings. The standard InChI is InChI=1S/C18H17.C10H15.Hf/c1-13-10-16-8-9-17(18(16)11-14(13)2)12-15-6-4-3-5-7-15;1-6-7(2)9(4)10(5)8(6)3;/h3-8,10-11,17H,12H2,1-2H3;1-5H3;/q2*-1;. The third-order valence-corrected chi connectivity index (χ3v) is 6.61. The van der Waals surface area contributed by atoms with Crippen LogP contribution >= 0.6 is 0 Å². The van der Waals surface area contributed by atoms with Gasteiger partial charge in [-0.3, -0.25) is 6.08 Å². The molecule has 0 spiro atoms. The van der Waals surface area contributed by atoms with E-state index in [1.165, 1.54) is 55.6 Å². The van der Waals surface area contributed by atoms with Crippen molar-refractivity contribution in [3.05, 3.63) is 104 Å². The molecule has 0 aromatic heterocycles. The number of fused-ring (bicyclic) bond motifs is 1. The molecule has 0 N–H and O–H groups in total. The number of rotatable bonds is 2. The third kappa shape index (κ3) is 5.12. The number of allylic oxidation sites excluding steroid dienone is 1. The first-order valence-electron chi connectivity index (χ1n) is 10.2. The molecule has 29 heavy (non-hydrogen) atoms. The van der Waals surface area contributed by atoms with Gasteiger partial charge in [-0.25, -0.2) is 6.08 Å². The van der Waals surface area contributed by atoms with Crippen molar-refractivity contribution in [2.75, 3.05) is 0 Å². The second-order valence-electron chi connectivity index (χ2n) is 8.24. The molecule has 0 bridgehead atoms. The van der Waals surface area contributed by atoms with Crippen LogP contribution in [0.4, 0.5) is 0 Å². The van der Waals surface area contributed by atoms with Gasteiger partial charge in [0.25, 0.3) is 0 Å². The number of hydrogen-bond donors (Lipinski definition) is 0. The molecule has 1 atom stereocenters. The Morgan fingerprint density at radius 2 is 1.38 bits per heavy atom. The summed E-state index contributed by atoms with van der Waals surface area (Å²) in [5, 5.41) is 0. The average Bonchev–Trinajstić information content (AvgIpc) is 3.14. The maximum absolute atomic E-state index is 3.50. The van der Waals surface area contributed by atoms with E-state index >= 15 is 0 Å². The molecule has 1 aliphatic carbocycles. The predicted octanol–water partition coefficient (Wildman–Crippen LogP) is 7.40. The molecular formula is C28H32Hf-2. The van der Waals surface area contributed by atoms with Gasteiger partial charge >= 0.3 is 0 Å². The average molecular weight is 547 g/mol. The van der Waals surface area contributed by atoms with E-state index in [4.69, 9.17) is 0 Å². The number of benzene rings is 2. The molecule has 0 saturated heterocycles. The summed E-state index contributed by atoms with van der Waals surface area (Å²) < 4.78 is 0. The number of hydrogen-bond acceptors (Lipinski definition) is 0. The van der Waals surface area contributed by atoms with Gasteiger partial charge in [-0.2, -0.15) is 33.4 Å². The maximum atomic E-state index is 3.50. The molecular weight excluding hydrogens is 515 g/mol. The Labute approximate surface area is 196 Å². The zero-order valence-corrected chi connectivity index (χ0v) is 22.5. The summed E-state index contributed by atoms with van der Waals surface area (Å²) in [5.74, 6) is 0.418. The summed E-state index contributed by atoms with van der Waals surface area (Å²) in [6.07, 6.45) is 6.70. The van der Waals surface area contributed by atoms with Crippen molar-refractivity contribution < 1.29 is 25.8 Å². The van der Waals surface area contributed by atoms with Crippen molar-refractivity contribution in [1.82, 2.24) is 0 Å². The van der Waals surface area contributed by atoms with Crippen LogP contribution in [0.15, 0.2) is 42.5 Å². The quantitative estimate of drug-likeness (QED) is 0.232. The summed E-state index contributed by atoms with van der Waals surface area (Å²) in [4.78, 5) is 0. The first-order valence-corrected chi connectivity index (χ1v) is 10.2. The van der Waals surface area contributed by atoms with Gasteiger partial charge in [0, 0.05) is 25.8 Å². The number of aryl methyl sites for hydroxylation is 2. The van der Waals surface area contributed by atoms with Crippen molar-refractivity contribution in [2.45, 2.75) is 60.8 Å². The van der Waals surface area contributed by atoms with Crippen molar-refractivity contribution in [3.8, 4) is 0 Å². The summed E-state index contributed by atoms with van der Waals surface area (Å²) in [5.41, 5.74) is 14.2. The molecule has 0 radical (unpaired) electrons. The summed E-state index contributed by atoms with van der Waals surface area (Å²) in [6.45, 7) is 15.4. The molecule has 1 unspecified atom stereocenters. The molecule has 0 aliphatic heterocycles. The summed E-state index contributed by atoms with van der Waals surface area (Å²) >= 11 is 0. The SMILES string of the molecule is Cc1c(C)c(C)[c-](C)c1C.Cc1cc2c(cc1C)C(Cc1ccccc1)[C-]=C2.[Hf]. The van der Waals surface area contributed by atoms with Gasteiger partial charge in [0.2, 0.25) is 0 Å². The minimum Gasteiger partial charge on any atom is -0.268 e. The van der Waals surface area contributed by atoms with Crippen LogP contribution in [-0.4, -0.2) is 0 Å². The Morgan fingerprint density at radius 3 is 1.90 bits per heavy atom. The third-order valence-electron chi connectivity index (χ3n) is 6.61. The summed E-state index contributed by atoms with van der Waals surface area (Å²) in [7, 11) is 0. The fourth-order valence-electron chi connectivity index (χ4n) is 3.99. The van der Waals surface area contributed by atoms with Crippen molar-refractivity contribution in [1.29, 1.82) is 0 Å². The van der Waals surface area contributed by atoms with Gasteiger partial charge in [-0.15, -0.1) is 11.6 Å². The minimum absolute atomic E-state index is 0. The molecule has 1 heteroatoms. The van der Waals surface area contributed by atoms with E-state index in [9.17, 15) is 0 Å². The molecule has 150 valence electrons. The first kappa shape index (κ1) is 23.7. The topological polar surface area (TPSA) is 0 Å². The van der Waals surface area contributed by atoms with Crippen LogP contribution in [0.3, 0.4) is 0 Å². The van der Waals surface area contributed by atoms with Gasteiger partial charge in [-0.1, -0.05) is 88.1 Å². The Hall–Kier alpha value is -1.60. The molecule has 0 amide bonds. The minimum atomic E-state index is 0.